The molecule has 2 aromatic carbocycles. The Kier molecular flexibility index (Phi) is 4.72. The Balaban J connectivity index is 1.90. The van der Waals surface area contributed by atoms with Crippen molar-refractivity contribution < 1.29 is 24.2 Å². The lowest BCUT2D eigenvalue weighted by atomic mass is 10.00. The van der Waals surface area contributed by atoms with Crippen molar-refractivity contribution in [1.82, 2.24) is 4.90 Å². The third-order valence-electron chi connectivity index (χ3n) is 4.20. The van der Waals surface area contributed by atoms with Crippen LogP contribution in [0.3, 0.4) is 0 Å². The zero-order valence-electron chi connectivity index (χ0n) is 14.1. The van der Waals surface area contributed by atoms with Gasteiger partial charge in [0.15, 0.2) is 0 Å². The molecule has 1 aliphatic heterocycles. The molecule has 1 fully saturated rings. The number of carbonyl (C=O) groups excluding carboxylic acids is 2. The zero-order chi connectivity index (χ0) is 18.0. The lowest BCUT2D eigenvalue weighted by Gasteiger charge is -2.35. The smallest absolute Gasteiger partial charge is 0.341 e. The number of aliphatic hydroxyl groups excluding tert-OH is 1. The predicted molar refractivity (Wildman–Crippen MR) is 91.7 cm³/mol. The highest BCUT2D eigenvalue weighted by Gasteiger charge is 2.29. The largest absolute Gasteiger partial charge is 0.496 e. The van der Waals surface area contributed by atoms with Gasteiger partial charge in [-0.3, -0.25) is 4.79 Å². The summed E-state index contributed by atoms with van der Waals surface area (Å²) in [5.74, 6) is -0.166. The van der Waals surface area contributed by atoms with Crippen LogP contribution < -0.4 is 4.74 Å². The van der Waals surface area contributed by atoms with Gasteiger partial charge in [0.2, 0.25) is 0 Å². The molecule has 130 valence electrons. The first-order valence-electron chi connectivity index (χ1n) is 7.87. The van der Waals surface area contributed by atoms with E-state index in [1.807, 2.05) is 6.07 Å². The van der Waals surface area contributed by atoms with Gasteiger partial charge in [0, 0.05) is 18.7 Å². The Morgan fingerprint density at radius 1 is 1.08 bits per heavy atom. The summed E-state index contributed by atoms with van der Waals surface area (Å²) in [5.41, 5.74) is 2.56. The van der Waals surface area contributed by atoms with Gasteiger partial charge < -0.3 is 19.5 Å². The standard InChI is InChI=1S/C19H19NO5/c1-24-17-9-13(6-7-16(17)19(23)25-2)12-4-3-5-14(8-12)18(22)20-10-15(21)11-20/h3-9,15,21H,10-11H2,1-2H3. The van der Waals surface area contributed by atoms with Crippen LogP contribution >= 0.6 is 0 Å². The second-order valence-corrected chi connectivity index (χ2v) is 5.85. The van der Waals surface area contributed by atoms with Crippen LogP contribution in [0.2, 0.25) is 0 Å². The summed E-state index contributed by atoms with van der Waals surface area (Å²) in [6.07, 6.45) is -0.428. The number of rotatable bonds is 4. The molecule has 2 aromatic rings. The first kappa shape index (κ1) is 17.0. The van der Waals surface area contributed by atoms with Crippen molar-refractivity contribution in [2.24, 2.45) is 0 Å². The molecule has 3 rings (SSSR count). The van der Waals surface area contributed by atoms with Crippen molar-refractivity contribution in [2.75, 3.05) is 27.3 Å². The summed E-state index contributed by atoms with van der Waals surface area (Å²) < 4.78 is 10.0. The molecule has 0 aliphatic carbocycles. The molecule has 1 heterocycles. The molecule has 0 atom stereocenters. The minimum atomic E-state index is -0.469. The van der Waals surface area contributed by atoms with E-state index in [0.717, 1.165) is 11.1 Å². The van der Waals surface area contributed by atoms with Gasteiger partial charge in [0.1, 0.15) is 11.3 Å². The molecule has 1 N–H and O–H groups in total. The molecule has 1 amide bonds. The highest BCUT2D eigenvalue weighted by molar-refractivity contribution is 5.96. The topological polar surface area (TPSA) is 76.1 Å². The molecular formula is C19H19NO5. The summed E-state index contributed by atoms with van der Waals surface area (Å²) >= 11 is 0. The van der Waals surface area contributed by atoms with E-state index in [-0.39, 0.29) is 5.91 Å². The number of β-amino-alcohol motifs (C(OH)–C–C–N with tert-alkyl or cyclic N) is 1. The Morgan fingerprint density at radius 2 is 1.80 bits per heavy atom. The first-order valence-corrected chi connectivity index (χ1v) is 7.87. The highest BCUT2D eigenvalue weighted by Crippen LogP contribution is 2.29. The Hall–Kier alpha value is -2.86. The molecule has 0 unspecified atom stereocenters. The van der Waals surface area contributed by atoms with Gasteiger partial charge in [0.25, 0.3) is 5.91 Å². The molecule has 0 aromatic heterocycles. The number of hydrogen-bond acceptors (Lipinski definition) is 5. The summed E-state index contributed by atoms with van der Waals surface area (Å²) in [7, 11) is 2.80. The molecule has 0 radical (unpaired) electrons. The second-order valence-electron chi connectivity index (χ2n) is 5.85. The Morgan fingerprint density at radius 3 is 2.44 bits per heavy atom. The molecule has 1 aliphatic rings. The van der Waals surface area contributed by atoms with Crippen LogP contribution in [0, 0.1) is 0 Å². The van der Waals surface area contributed by atoms with Crippen molar-refractivity contribution in [2.45, 2.75) is 6.10 Å². The van der Waals surface area contributed by atoms with Gasteiger partial charge in [-0.15, -0.1) is 0 Å². The van der Waals surface area contributed by atoms with E-state index in [1.54, 1.807) is 41.3 Å². The summed E-state index contributed by atoms with van der Waals surface area (Å²) in [6, 6.07) is 12.4. The molecule has 0 bridgehead atoms. The average molecular weight is 341 g/mol. The van der Waals surface area contributed by atoms with Crippen LogP contribution in [0.4, 0.5) is 0 Å². The van der Waals surface area contributed by atoms with Gasteiger partial charge in [-0.05, 0) is 35.4 Å². The van der Waals surface area contributed by atoms with Crippen molar-refractivity contribution in [1.29, 1.82) is 0 Å². The predicted octanol–water partition coefficient (Wildman–Crippen LogP) is 1.97. The maximum Gasteiger partial charge on any atom is 0.341 e. The molecule has 1 saturated heterocycles. The lowest BCUT2D eigenvalue weighted by Crippen LogP contribution is -2.53. The van der Waals surface area contributed by atoms with Crippen molar-refractivity contribution >= 4 is 11.9 Å². The number of nitrogens with zero attached hydrogens (tertiary/aromatic N) is 1. The number of ether oxygens (including phenoxy) is 2. The molecular weight excluding hydrogens is 322 g/mol. The number of esters is 1. The Labute approximate surface area is 145 Å². The van der Waals surface area contributed by atoms with E-state index in [1.165, 1.54) is 14.2 Å². The van der Waals surface area contributed by atoms with Gasteiger partial charge in [-0.25, -0.2) is 4.79 Å². The van der Waals surface area contributed by atoms with Crippen molar-refractivity contribution in [3.8, 4) is 16.9 Å². The third-order valence-corrected chi connectivity index (χ3v) is 4.20. The van der Waals surface area contributed by atoms with Crippen LogP contribution in [-0.4, -0.2) is 55.3 Å². The van der Waals surface area contributed by atoms with Crippen LogP contribution in [0.15, 0.2) is 42.5 Å². The van der Waals surface area contributed by atoms with Gasteiger partial charge >= 0.3 is 5.97 Å². The average Bonchev–Trinajstić information content (AvgIpc) is 2.63. The summed E-state index contributed by atoms with van der Waals surface area (Å²) in [5, 5.41) is 9.35. The minimum Gasteiger partial charge on any atom is -0.496 e. The van der Waals surface area contributed by atoms with E-state index in [0.29, 0.717) is 30.0 Å². The first-order chi connectivity index (χ1) is 12.0. The van der Waals surface area contributed by atoms with Crippen LogP contribution in [-0.2, 0) is 4.74 Å². The minimum absolute atomic E-state index is 0.106. The van der Waals surface area contributed by atoms with E-state index in [2.05, 4.69) is 0 Å². The fourth-order valence-corrected chi connectivity index (χ4v) is 2.78. The van der Waals surface area contributed by atoms with Gasteiger partial charge in [0.05, 0.1) is 20.3 Å². The normalized spacial score (nSPS) is 14.0. The van der Waals surface area contributed by atoms with E-state index in [9.17, 15) is 14.7 Å². The van der Waals surface area contributed by atoms with Crippen molar-refractivity contribution in [3.05, 3.63) is 53.6 Å². The van der Waals surface area contributed by atoms with Gasteiger partial charge in [-0.2, -0.15) is 0 Å². The maximum absolute atomic E-state index is 12.4. The highest BCUT2D eigenvalue weighted by atomic mass is 16.5. The lowest BCUT2D eigenvalue weighted by molar-refractivity contribution is 0.00590. The van der Waals surface area contributed by atoms with Crippen LogP contribution in [0.1, 0.15) is 20.7 Å². The second kappa shape index (κ2) is 6.94. The monoisotopic (exact) mass is 341 g/mol. The molecule has 6 heteroatoms. The molecule has 6 nitrogen and oxygen atoms in total. The quantitative estimate of drug-likeness (QED) is 0.861. The number of carbonyl (C=O) groups is 2. The van der Waals surface area contributed by atoms with Crippen LogP contribution in [0.25, 0.3) is 11.1 Å². The number of amides is 1. The number of likely N-dealkylation sites (tertiary alicyclic amines) is 1. The third kappa shape index (κ3) is 3.34. The SMILES string of the molecule is COC(=O)c1ccc(-c2cccc(C(=O)N3CC(O)C3)c2)cc1OC. The van der Waals surface area contributed by atoms with E-state index < -0.39 is 12.1 Å². The van der Waals surface area contributed by atoms with Gasteiger partial charge in [-0.1, -0.05) is 18.2 Å². The fraction of sp³-hybridized carbons (Fsp3) is 0.263. The van der Waals surface area contributed by atoms with E-state index >= 15 is 0 Å². The molecule has 25 heavy (non-hydrogen) atoms. The number of hydrogen-bond donors (Lipinski definition) is 1. The molecule has 0 spiro atoms. The Bertz CT molecular complexity index is 811. The number of aliphatic hydroxyl groups is 1. The van der Waals surface area contributed by atoms with Crippen LogP contribution in [0.5, 0.6) is 5.75 Å². The van der Waals surface area contributed by atoms with E-state index in [4.69, 9.17) is 9.47 Å². The summed E-state index contributed by atoms with van der Waals surface area (Å²) in [6.45, 7) is 0.732. The number of methoxy groups -OCH3 is 2. The fourth-order valence-electron chi connectivity index (χ4n) is 2.78. The zero-order valence-corrected chi connectivity index (χ0v) is 14.1. The van der Waals surface area contributed by atoms with Crippen molar-refractivity contribution in [3.63, 3.8) is 0 Å². The number of benzene rings is 2. The maximum atomic E-state index is 12.4. The molecule has 0 saturated carbocycles. The summed E-state index contributed by atoms with van der Waals surface area (Å²) in [4.78, 5) is 25.7.